The Morgan fingerprint density at radius 2 is 2.08 bits per heavy atom. The number of carbonyl (C=O) groups excluding carboxylic acids is 1. The van der Waals surface area contributed by atoms with Crippen molar-refractivity contribution in [3.8, 4) is 0 Å². The lowest BCUT2D eigenvalue weighted by atomic mass is 10.1. The summed E-state index contributed by atoms with van der Waals surface area (Å²) in [5, 5.41) is 7.70. The maximum atomic E-state index is 13.9. The first-order chi connectivity index (χ1) is 12.1. The summed E-state index contributed by atoms with van der Waals surface area (Å²) >= 11 is 0. The number of aromatic nitrogens is 2. The molecule has 142 valence electrons. The van der Waals surface area contributed by atoms with Crippen LogP contribution in [0.3, 0.4) is 0 Å². The van der Waals surface area contributed by atoms with Crippen LogP contribution >= 0.6 is 12.4 Å². The molecule has 2 aromatic rings. The molecule has 1 unspecified atom stereocenters. The van der Waals surface area contributed by atoms with Gasteiger partial charge in [0.1, 0.15) is 17.3 Å². The predicted octanol–water partition coefficient (Wildman–Crippen LogP) is 3.17. The minimum atomic E-state index is -0.648. The molecule has 1 aliphatic rings. The average Bonchev–Trinajstić information content (AvgIpc) is 3.12. The minimum absolute atomic E-state index is 0. The van der Waals surface area contributed by atoms with Gasteiger partial charge in [0.25, 0.3) is 5.91 Å². The predicted molar refractivity (Wildman–Crippen MR) is 97.4 cm³/mol. The van der Waals surface area contributed by atoms with E-state index >= 15 is 0 Å². The number of rotatable bonds is 5. The molecule has 0 saturated carbocycles. The van der Waals surface area contributed by atoms with E-state index in [1.165, 1.54) is 23.1 Å². The van der Waals surface area contributed by atoms with E-state index in [2.05, 4.69) is 10.4 Å². The molecular formula is C18H23ClF2N4O. The van der Waals surface area contributed by atoms with Crippen molar-refractivity contribution in [1.82, 2.24) is 20.0 Å². The summed E-state index contributed by atoms with van der Waals surface area (Å²) in [7, 11) is 0. The number of hydrogen-bond acceptors (Lipinski definition) is 3. The maximum absolute atomic E-state index is 13.9. The third kappa shape index (κ3) is 4.40. The van der Waals surface area contributed by atoms with Crippen molar-refractivity contribution in [2.75, 3.05) is 19.6 Å². The summed E-state index contributed by atoms with van der Waals surface area (Å²) in [6.45, 7) is 3.82. The number of hydrogen-bond donors (Lipinski definition) is 1. The SMILES string of the molecule is CCN(Cc1c(F)cccc1F)C(=O)c1ccn(C2CCCNC2)n1.Cl. The van der Waals surface area contributed by atoms with Crippen molar-refractivity contribution in [3.63, 3.8) is 0 Å². The molecule has 0 radical (unpaired) electrons. The molecular weight excluding hydrogens is 362 g/mol. The molecule has 1 amide bonds. The van der Waals surface area contributed by atoms with Crippen LogP contribution < -0.4 is 5.32 Å². The third-order valence-electron chi connectivity index (χ3n) is 4.55. The van der Waals surface area contributed by atoms with Crippen molar-refractivity contribution in [2.24, 2.45) is 0 Å². The largest absolute Gasteiger partial charge is 0.333 e. The fourth-order valence-electron chi connectivity index (χ4n) is 3.08. The second-order valence-electron chi connectivity index (χ2n) is 6.20. The number of piperidine rings is 1. The van der Waals surface area contributed by atoms with Gasteiger partial charge >= 0.3 is 0 Å². The van der Waals surface area contributed by atoms with E-state index in [9.17, 15) is 13.6 Å². The van der Waals surface area contributed by atoms with E-state index < -0.39 is 11.6 Å². The molecule has 1 aromatic heterocycles. The van der Waals surface area contributed by atoms with E-state index in [1.807, 2.05) is 0 Å². The summed E-state index contributed by atoms with van der Waals surface area (Å²) in [6, 6.07) is 5.60. The molecule has 0 spiro atoms. The van der Waals surface area contributed by atoms with Gasteiger partial charge in [-0.3, -0.25) is 9.48 Å². The third-order valence-corrected chi connectivity index (χ3v) is 4.55. The summed E-state index contributed by atoms with van der Waals surface area (Å²) in [5.41, 5.74) is 0.192. The van der Waals surface area contributed by atoms with Crippen LogP contribution in [0.4, 0.5) is 8.78 Å². The molecule has 1 aliphatic heterocycles. The first-order valence-corrected chi connectivity index (χ1v) is 8.58. The van der Waals surface area contributed by atoms with Gasteiger partial charge in [-0.05, 0) is 44.5 Å². The zero-order chi connectivity index (χ0) is 17.8. The van der Waals surface area contributed by atoms with Crippen LogP contribution in [0.2, 0.25) is 0 Å². The van der Waals surface area contributed by atoms with Gasteiger partial charge in [0, 0.05) is 24.8 Å². The van der Waals surface area contributed by atoms with Crippen molar-refractivity contribution < 1.29 is 13.6 Å². The highest BCUT2D eigenvalue weighted by Crippen LogP contribution is 2.18. The fourth-order valence-corrected chi connectivity index (χ4v) is 3.08. The molecule has 0 aliphatic carbocycles. The van der Waals surface area contributed by atoms with Crippen LogP contribution in [0.25, 0.3) is 0 Å². The molecule has 1 aromatic carbocycles. The Labute approximate surface area is 157 Å². The number of amides is 1. The van der Waals surface area contributed by atoms with Crippen LogP contribution in [-0.2, 0) is 6.54 Å². The lowest BCUT2D eigenvalue weighted by Gasteiger charge is -2.23. The molecule has 2 heterocycles. The molecule has 3 rings (SSSR count). The molecule has 1 saturated heterocycles. The number of benzene rings is 1. The summed E-state index contributed by atoms with van der Waals surface area (Å²) in [6.07, 6.45) is 3.88. The fraction of sp³-hybridized carbons (Fsp3) is 0.444. The molecule has 1 N–H and O–H groups in total. The normalized spacial score (nSPS) is 16.8. The second-order valence-corrected chi connectivity index (χ2v) is 6.20. The van der Waals surface area contributed by atoms with E-state index in [-0.39, 0.29) is 36.5 Å². The van der Waals surface area contributed by atoms with Crippen LogP contribution in [0.1, 0.15) is 41.9 Å². The topological polar surface area (TPSA) is 50.2 Å². The van der Waals surface area contributed by atoms with Crippen LogP contribution in [0.5, 0.6) is 0 Å². The Morgan fingerprint density at radius 3 is 2.69 bits per heavy atom. The minimum Gasteiger partial charge on any atom is -0.333 e. The zero-order valence-electron chi connectivity index (χ0n) is 14.6. The standard InChI is InChI=1S/C18H22F2N4O.ClH/c1-2-23(12-14-15(19)6-3-7-16(14)20)18(25)17-8-10-24(22-17)13-5-4-9-21-11-13;/h3,6-8,10,13,21H,2,4-5,9,11-12H2,1H3;1H. The Kier molecular flexibility index (Phi) is 7.11. The molecule has 26 heavy (non-hydrogen) atoms. The number of nitrogens with one attached hydrogen (secondary N) is 1. The van der Waals surface area contributed by atoms with E-state index in [0.29, 0.717) is 12.2 Å². The highest BCUT2D eigenvalue weighted by atomic mass is 35.5. The van der Waals surface area contributed by atoms with Gasteiger partial charge in [-0.15, -0.1) is 12.4 Å². The summed E-state index contributed by atoms with van der Waals surface area (Å²) in [5.74, 6) is -1.62. The van der Waals surface area contributed by atoms with Gasteiger partial charge in [0.2, 0.25) is 0 Å². The number of halogens is 3. The molecule has 1 fully saturated rings. The maximum Gasteiger partial charge on any atom is 0.274 e. The van der Waals surface area contributed by atoms with Crippen molar-refractivity contribution in [1.29, 1.82) is 0 Å². The quantitative estimate of drug-likeness (QED) is 0.861. The van der Waals surface area contributed by atoms with Gasteiger partial charge in [0.05, 0.1) is 12.6 Å². The van der Waals surface area contributed by atoms with Crippen molar-refractivity contribution >= 4 is 18.3 Å². The van der Waals surface area contributed by atoms with Crippen molar-refractivity contribution in [3.05, 3.63) is 53.4 Å². The van der Waals surface area contributed by atoms with Gasteiger partial charge in [-0.25, -0.2) is 8.78 Å². The van der Waals surface area contributed by atoms with Crippen LogP contribution in [0, 0.1) is 11.6 Å². The number of carbonyl (C=O) groups is 1. The second kappa shape index (κ2) is 9.09. The lowest BCUT2D eigenvalue weighted by molar-refractivity contribution is 0.0742. The zero-order valence-corrected chi connectivity index (χ0v) is 15.4. The first kappa shape index (κ1) is 20.3. The van der Waals surface area contributed by atoms with Gasteiger partial charge in [-0.2, -0.15) is 5.10 Å². The van der Waals surface area contributed by atoms with Gasteiger partial charge in [-0.1, -0.05) is 6.07 Å². The smallest absolute Gasteiger partial charge is 0.274 e. The van der Waals surface area contributed by atoms with Gasteiger partial charge in [0.15, 0.2) is 0 Å². The summed E-state index contributed by atoms with van der Waals surface area (Å²) in [4.78, 5) is 14.1. The Morgan fingerprint density at radius 1 is 1.35 bits per heavy atom. The number of nitrogens with zero attached hydrogens (tertiary/aromatic N) is 3. The van der Waals surface area contributed by atoms with E-state index in [1.54, 1.807) is 23.9 Å². The Hall–Kier alpha value is -1.99. The first-order valence-electron chi connectivity index (χ1n) is 8.58. The van der Waals surface area contributed by atoms with Crippen LogP contribution in [0.15, 0.2) is 30.5 Å². The average molecular weight is 385 g/mol. The van der Waals surface area contributed by atoms with Crippen molar-refractivity contribution in [2.45, 2.75) is 32.4 Å². The van der Waals surface area contributed by atoms with Gasteiger partial charge < -0.3 is 10.2 Å². The Bertz CT molecular complexity index is 726. The van der Waals surface area contributed by atoms with E-state index in [0.717, 1.165) is 25.9 Å². The summed E-state index contributed by atoms with van der Waals surface area (Å²) < 4.78 is 29.5. The molecule has 0 bridgehead atoms. The lowest BCUT2D eigenvalue weighted by Crippen LogP contribution is -2.33. The van der Waals surface area contributed by atoms with E-state index in [4.69, 9.17) is 0 Å². The van der Waals surface area contributed by atoms with Crippen LogP contribution in [-0.4, -0.2) is 40.2 Å². The Balaban J connectivity index is 0.00000243. The molecule has 8 heteroatoms. The highest BCUT2D eigenvalue weighted by Gasteiger charge is 2.22. The monoisotopic (exact) mass is 384 g/mol. The highest BCUT2D eigenvalue weighted by molar-refractivity contribution is 5.92. The molecule has 5 nitrogen and oxygen atoms in total. The molecule has 1 atom stereocenters.